The summed E-state index contributed by atoms with van der Waals surface area (Å²) in [5.74, 6) is 0.0834. The minimum Gasteiger partial charge on any atom is -0.304 e. The molecule has 0 radical (unpaired) electrons. The van der Waals surface area contributed by atoms with Crippen molar-refractivity contribution in [3.8, 4) is 11.3 Å². The Bertz CT molecular complexity index is 1310. The van der Waals surface area contributed by atoms with Crippen molar-refractivity contribution in [1.29, 1.82) is 0 Å². The Labute approximate surface area is 180 Å². The highest BCUT2D eigenvalue weighted by molar-refractivity contribution is 5.64. The highest BCUT2D eigenvalue weighted by Crippen LogP contribution is 2.44. The molecule has 0 aromatic carbocycles. The molecule has 0 amide bonds. The number of aryl methyl sites for hydroxylation is 2. The zero-order valence-electron chi connectivity index (χ0n) is 18.3. The van der Waals surface area contributed by atoms with Gasteiger partial charge in [-0.15, -0.1) is 0 Å². The van der Waals surface area contributed by atoms with Crippen molar-refractivity contribution in [2.24, 2.45) is 0 Å². The summed E-state index contributed by atoms with van der Waals surface area (Å²) in [5.41, 5.74) is 6.06. The number of hydrogen-bond acceptors (Lipinski definition) is 4. The first-order chi connectivity index (χ1) is 14.9. The van der Waals surface area contributed by atoms with Gasteiger partial charge in [0.1, 0.15) is 0 Å². The van der Waals surface area contributed by atoms with Crippen LogP contribution >= 0.6 is 0 Å². The van der Waals surface area contributed by atoms with Crippen molar-refractivity contribution < 1.29 is 4.39 Å². The van der Waals surface area contributed by atoms with E-state index in [1.54, 1.807) is 10.6 Å². The molecule has 4 aromatic rings. The van der Waals surface area contributed by atoms with Crippen molar-refractivity contribution in [3.05, 3.63) is 53.5 Å². The lowest BCUT2D eigenvalue weighted by Crippen LogP contribution is -2.40. The van der Waals surface area contributed by atoms with E-state index in [9.17, 15) is 0 Å². The number of halogens is 1. The molecule has 5 heterocycles. The van der Waals surface area contributed by atoms with Gasteiger partial charge in [-0.1, -0.05) is 0 Å². The number of hydrogen-bond donors (Lipinski definition) is 0. The molecule has 2 fully saturated rings. The lowest BCUT2D eigenvalue weighted by molar-refractivity contribution is 0.146. The second-order valence-electron chi connectivity index (χ2n) is 9.59. The molecule has 7 heteroatoms. The van der Waals surface area contributed by atoms with Crippen molar-refractivity contribution in [3.63, 3.8) is 0 Å². The normalized spacial score (nSPS) is 19.5. The average Bonchev–Trinajstić information content (AvgIpc) is 3.18. The van der Waals surface area contributed by atoms with Crippen LogP contribution in [0.25, 0.3) is 22.6 Å². The van der Waals surface area contributed by atoms with Crippen LogP contribution in [0.5, 0.6) is 0 Å². The van der Waals surface area contributed by atoms with Crippen molar-refractivity contribution in [2.75, 3.05) is 13.1 Å². The molecule has 2 aliphatic rings. The average molecular weight is 419 g/mol. The molecule has 160 valence electrons. The third-order valence-corrected chi connectivity index (χ3v) is 7.20. The molecule has 0 bridgehead atoms. The van der Waals surface area contributed by atoms with Crippen LogP contribution in [0.4, 0.5) is 4.39 Å². The zero-order valence-corrected chi connectivity index (χ0v) is 18.3. The molecule has 6 rings (SSSR count). The zero-order chi connectivity index (χ0) is 21.3. The molecule has 1 saturated carbocycles. The molecule has 0 spiro atoms. The fourth-order valence-electron chi connectivity index (χ4n) is 5.01. The summed E-state index contributed by atoms with van der Waals surface area (Å²) < 4.78 is 18.6. The fraction of sp³-hybridized carbons (Fsp3) is 0.458. The van der Waals surface area contributed by atoms with Crippen molar-refractivity contribution in [1.82, 2.24) is 28.9 Å². The maximum Gasteiger partial charge on any atom is 0.173 e. The van der Waals surface area contributed by atoms with Gasteiger partial charge in [0, 0.05) is 29.4 Å². The van der Waals surface area contributed by atoms with Crippen molar-refractivity contribution in [2.45, 2.75) is 57.9 Å². The van der Waals surface area contributed by atoms with Crippen molar-refractivity contribution >= 4 is 11.3 Å². The molecule has 0 N–H and O–H groups in total. The monoisotopic (exact) mass is 418 g/mol. The van der Waals surface area contributed by atoms with Crippen LogP contribution in [0.3, 0.4) is 0 Å². The van der Waals surface area contributed by atoms with Crippen LogP contribution in [-0.2, 0) is 0 Å². The maximum absolute atomic E-state index is 15.0. The van der Waals surface area contributed by atoms with Gasteiger partial charge in [-0.2, -0.15) is 5.10 Å². The van der Waals surface area contributed by atoms with Gasteiger partial charge in [-0.3, -0.25) is 4.90 Å². The predicted molar refractivity (Wildman–Crippen MR) is 118 cm³/mol. The molecule has 1 aliphatic heterocycles. The van der Waals surface area contributed by atoms with E-state index in [0.29, 0.717) is 17.1 Å². The van der Waals surface area contributed by atoms with Crippen LogP contribution in [0.1, 0.15) is 55.5 Å². The molecule has 4 aromatic heterocycles. The number of likely N-dealkylation sites (tertiary alicyclic amines) is 1. The molecule has 31 heavy (non-hydrogen) atoms. The number of rotatable bonds is 3. The SMILES string of the molecule is Cc1cn2nc(-c3cc(F)c4nc(C5CCN(C6(C)CC6)CC5)cn4c3)cc(C)c2n1. The van der Waals surface area contributed by atoms with Gasteiger partial charge in [0.05, 0.1) is 23.3 Å². The largest absolute Gasteiger partial charge is 0.304 e. The number of nitrogens with zero attached hydrogens (tertiary/aromatic N) is 6. The van der Waals surface area contributed by atoms with Crippen LogP contribution in [0, 0.1) is 19.7 Å². The second-order valence-corrected chi connectivity index (χ2v) is 9.59. The van der Waals surface area contributed by atoms with Gasteiger partial charge in [0.2, 0.25) is 0 Å². The summed E-state index contributed by atoms with van der Waals surface area (Å²) >= 11 is 0. The van der Waals surface area contributed by atoms with E-state index in [1.807, 2.05) is 42.9 Å². The van der Waals surface area contributed by atoms with Gasteiger partial charge >= 0.3 is 0 Å². The Hall–Kier alpha value is -2.80. The van der Waals surface area contributed by atoms with E-state index < -0.39 is 0 Å². The van der Waals surface area contributed by atoms with E-state index in [4.69, 9.17) is 0 Å². The first kappa shape index (κ1) is 18.9. The van der Waals surface area contributed by atoms with Gasteiger partial charge in [-0.05, 0) is 77.2 Å². The highest BCUT2D eigenvalue weighted by Gasteiger charge is 2.44. The smallest absolute Gasteiger partial charge is 0.173 e. The maximum atomic E-state index is 15.0. The van der Waals surface area contributed by atoms with Gasteiger partial charge in [0.25, 0.3) is 0 Å². The van der Waals surface area contributed by atoms with Crippen LogP contribution in [0.15, 0.2) is 30.7 Å². The summed E-state index contributed by atoms with van der Waals surface area (Å²) in [6.07, 6.45) is 10.7. The Morgan fingerprint density at radius 3 is 2.52 bits per heavy atom. The number of fused-ring (bicyclic) bond motifs is 2. The third-order valence-electron chi connectivity index (χ3n) is 7.20. The molecular formula is C24H27FN6. The third kappa shape index (κ3) is 3.14. The minimum atomic E-state index is -0.312. The molecule has 6 nitrogen and oxygen atoms in total. The van der Waals surface area contributed by atoms with Gasteiger partial charge < -0.3 is 4.40 Å². The van der Waals surface area contributed by atoms with Gasteiger partial charge in [-0.25, -0.2) is 18.9 Å². The topological polar surface area (TPSA) is 50.7 Å². The molecule has 1 saturated heterocycles. The van der Waals surface area contributed by atoms with E-state index >= 15 is 4.39 Å². The molecular weight excluding hydrogens is 391 g/mol. The lowest BCUT2D eigenvalue weighted by Gasteiger charge is -2.35. The van der Waals surface area contributed by atoms with Crippen LogP contribution < -0.4 is 0 Å². The van der Waals surface area contributed by atoms with E-state index in [-0.39, 0.29) is 5.82 Å². The predicted octanol–water partition coefficient (Wildman–Crippen LogP) is 4.53. The summed E-state index contributed by atoms with van der Waals surface area (Å²) in [6.45, 7) is 8.54. The number of piperidine rings is 1. The number of aromatic nitrogens is 5. The summed E-state index contributed by atoms with van der Waals surface area (Å²) in [5, 5.41) is 4.66. The van der Waals surface area contributed by atoms with Crippen LogP contribution in [-0.4, -0.2) is 47.5 Å². The fourth-order valence-corrected chi connectivity index (χ4v) is 5.01. The van der Waals surface area contributed by atoms with E-state index in [0.717, 1.165) is 59.8 Å². The molecule has 1 aliphatic carbocycles. The minimum absolute atomic E-state index is 0.312. The Morgan fingerprint density at radius 2 is 1.77 bits per heavy atom. The molecule has 0 unspecified atom stereocenters. The standard InChI is InChI=1S/C24H27FN6/c1-15-10-20(28-31-12-16(2)26-22(15)31)18-11-19(25)23-27-21(14-29(23)13-18)17-4-8-30(9-5-17)24(3)6-7-24/h10-14,17H,4-9H2,1-3H3. The van der Waals surface area contributed by atoms with E-state index in [1.165, 1.54) is 12.8 Å². The summed E-state index contributed by atoms with van der Waals surface area (Å²) in [4.78, 5) is 11.8. The Morgan fingerprint density at radius 1 is 1.00 bits per heavy atom. The van der Waals surface area contributed by atoms with Crippen LogP contribution in [0.2, 0.25) is 0 Å². The van der Waals surface area contributed by atoms with Gasteiger partial charge in [0.15, 0.2) is 17.1 Å². The number of imidazole rings is 2. The Balaban J connectivity index is 1.33. The molecule has 0 atom stereocenters. The van der Waals surface area contributed by atoms with E-state index in [2.05, 4.69) is 26.9 Å². The summed E-state index contributed by atoms with van der Waals surface area (Å²) in [6, 6.07) is 3.51. The highest BCUT2D eigenvalue weighted by atomic mass is 19.1. The lowest BCUT2D eigenvalue weighted by atomic mass is 9.93. The first-order valence-electron chi connectivity index (χ1n) is 11.2. The quantitative estimate of drug-likeness (QED) is 0.490. The number of pyridine rings is 1. The second kappa shape index (κ2) is 6.60. The first-order valence-corrected chi connectivity index (χ1v) is 11.2. The Kier molecular flexibility index (Phi) is 4.03. The summed E-state index contributed by atoms with van der Waals surface area (Å²) in [7, 11) is 0.